The van der Waals surface area contributed by atoms with Crippen LogP contribution in [0.25, 0.3) is 0 Å². The van der Waals surface area contributed by atoms with E-state index in [2.05, 4.69) is 5.32 Å². The lowest BCUT2D eigenvalue weighted by Crippen LogP contribution is -2.22. The van der Waals surface area contributed by atoms with Crippen molar-refractivity contribution in [3.8, 4) is 0 Å². The summed E-state index contributed by atoms with van der Waals surface area (Å²) in [5.41, 5.74) is -0.781. The lowest BCUT2D eigenvalue weighted by Gasteiger charge is -2.12. The number of alkyl halides is 3. The number of halogens is 4. The molecule has 0 saturated carbocycles. The first kappa shape index (κ1) is 15.3. The first-order chi connectivity index (χ1) is 8.34. The Hall–Kier alpha value is -0.750. The summed E-state index contributed by atoms with van der Waals surface area (Å²) in [5, 5.41) is 3.42. The van der Waals surface area contributed by atoms with E-state index in [9.17, 15) is 17.6 Å². The van der Waals surface area contributed by atoms with Gasteiger partial charge in [-0.05, 0) is 24.0 Å². The molecule has 102 valence electrons. The third-order valence-electron chi connectivity index (χ3n) is 2.50. The fraction of sp³-hybridized carbons (Fsp3) is 0.500. The molecule has 0 amide bonds. The predicted octanol–water partition coefficient (Wildman–Crippen LogP) is 3.69. The van der Waals surface area contributed by atoms with E-state index < -0.39 is 17.6 Å². The summed E-state index contributed by atoms with van der Waals surface area (Å²) in [4.78, 5) is 0. The van der Waals surface area contributed by atoms with E-state index in [0.717, 1.165) is 12.1 Å². The monoisotopic (exact) mass is 281 g/mol. The summed E-state index contributed by atoms with van der Waals surface area (Å²) in [6.07, 6.45) is -2.68. The van der Waals surface area contributed by atoms with E-state index in [1.165, 1.54) is 6.07 Å². The average molecular weight is 281 g/mol. The van der Waals surface area contributed by atoms with Crippen molar-refractivity contribution in [2.45, 2.75) is 24.9 Å². The van der Waals surface area contributed by atoms with E-state index >= 15 is 0 Å². The van der Waals surface area contributed by atoms with Gasteiger partial charge in [-0.15, -0.1) is 0 Å². The quantitative estimate of drug-likeness (QED) is 0.826. The molecule has 0 aliphatic rings. The summed E-state index contributed by atoms with van der Waals surface area (Å²) in [5.74, 6) is -1.23. The molecule has 0 aliphatic carbocycles. The second kappa shape index (κ2) is 6.43. The highest BCUT2D eigenvalue weighted by Crippen LogP contribution is 2.31. The molecule has 0 aromatic heterocycles. The van der Waals surface area contributed by atoms with Crippen molar-refractivity contribution < 1.29 is 17.6 Å². The zero-order chi connectivity index (χ0) is 13.8. The Bertz CT molecular complexity index is 392. The lowest BCUT2D eigenvalue weighted by atomic mass is 10.1. The second-order valence-electron chi connectivity index (χ2n) is 3.99. The maximum atomic E-state index is 13.0. The maximum Gasteiger partial charge on any atom is 0.419 e. The van der Waals surface area contributed by atoms with Crippen LogP contribution in [-0.4, -0.2) is 18.1 Å². The summed E-state index contributed by atoms with van der Waals surface area (Å²) in [6.45, 7) is 3.01. The van der Waals surface area contributed by atoms with Gasteiger partial charge in [-0.3, -0.25) is 0 Å². The van der Waals surface area contributed by atoms with Crippen LogP contribution in [0, 0.1) is 5.82 Å². The molecule has 0 saturated heterocycles. The third-order valence-corrected chi connectivity index (χ3v) is 3.47. The summed E-state index contributed by atoms with van der Waals surface area (Å²) in [7, 11) is 0. The molecule has 0 spiro atoms. The van der Waals surface area contributed by atoms with Crippen LogP contribution in [0.2, 0.25) is 0 Å². The van der Waals surface area contributed by atoms with Gasteiger partial charge in [0.2, 0.25) is 0 Å². The molecule has 0 heterocycles. The molecule has 1 aromatic rings. The summed E-state index contributed by atoms with van der Waals surface area (Å²) in [6, 6.07) is 3.07. The molecule has 0 fully saturated rings. The van der Waals surface area contributed by atoms with Crippen LogP contribution >= 0.6 is 11.8 Å². The van der Waals surface area contributed by atoms with Gasteiger partial charge in [-0.2, -0.15) is 24.9 Å². The Morgan fingerprint density at radius 3 is 2.56 bits per heavy atom. The minimum absolute atomic E-state index is 0.300. The first-order valence-corrected chi connectivity index (χ1v) is 6.72. The third kappa shape index (κ3) is 4.49. The van der Waals surface area contributed by atoms with E-state index in [1.54, 1.807) is 11.8 Å². The van der Waals surface area contributed by atoms with Crippen molar-refractivity contribution in [1.29, 1.82) is 0 Å². The SMILES string of the molecule is CSC(C)CNCc1ccc(F)c(C(F)(F)F)c1. The highest BCUT2D eigenvalue weighted by atomic mass is 32.2. The smallest absolute Gasteiger partial charge is 0.312 e. The average Bonchev–Trinajstić information content (AvgIpc) is 2.29. The first-order valence-electron chi connectivity index (χ1n) is 5.43. The van der Waals surface area contributed by atoms with Gasteiger partial charge >= 0.3 is 6.18 Å². The van der Waals surface area contributed by atoms with E-state index in [1.807, 2.05) is 13.2 Å². The van der Waals surface area contributed by atoms with Crippen LogP contribution < -0.4 is 5.32 Å². The van der Waals surface area contributed by atoms with Crippen molar-refractivity contribution in [3.05, 3.63) is 35.1 Å². The highest BCUT2D eigenvalue weighted by Gasteiger charge is 2.34. The molecular formula is C12H15F4NS. The molecule has 0 aliphatic heterocycles. The Morgan fingerprint density at radius 2 is 2.00 bits per heavy atom. The second-order valence-corrected chi connectivity index (χ2v) is 5.27. The van der Waals surface area contributed by atoms with Crippen LogP contribution in [0.1, 0.15) is 18.1 Å². The van der Waals surface area contributed by atoms with Gasteiger partial charge in [-0.25, -0.2) is 4.39 Å². The minimum Gasteiger partial charge on any atom is -0.312 e. The number of hydrogen-bond donors (Lipinski definition) is 1. The minimum atomic E-state index is -4.65. The Balaban J connectivity index is 2.68. The summed E-state index contributed by atoms with van der Waals surface area (Å²) < 4.78 is 50.4. The van der Waals surface area contributed by atoms with E-state index in [4.69, 9.17) is 0 Å². The zero-order valence-corrected chi connectivity index (χ0v) is 11.0. The molecule has 0 bridgehead atoms. The Kier molecular flexibility index (Phi) is 5.47. The highest BCUT2D eigenvalue weighted by molar-refractivity contribution is 7.99. The van der Waals surface area contributed by atoms with Gasteiger partial charge in [-0.1, -0.05) is 13.0 Å². The molecule has 1 rings (SSSR count). The molecule has 1 aromatic carbocycles. The van der Waals surface area contributed by atoms with Crippen LogP contribution in [0.5, 0.6) is 0 Å². The Morgan fingerprint density at radius 1 is 1.33 bits per heavy atom. The van der Waals surface area contributed by atoms with Gasteiger partial charge < -0.3 is 5.32 Å². The van der Waals surface area contributed by atoms with Crippen molar-refractivity contribution >= 4 is 11.8 Å². The number of hydrogen-bond acceptors (Lipinski definition) is 2. The van der Waals surface area contributed by atoms with Crippen LogP contribution in [-0.2, 0) is 12.7 Å². The fourth-order valence-electron chi connectivity index (χ4n) is 1.40. The lowest BCUT2D eigenvalue weighted by molar-refractivity contribution is -0.140. The van der Waals surface area contributed by atoms with E-state index in [0.29, 0.717) is 23.9 Å². The molecule has 0 radical (unpaired) electrons. The van der Waals surface area contributed by atoms with Crippen LogP contribution in [0.4, 0.5) is 17.6 Å². The van der Waals surface area contributed by atoms with Crippen LogP contribution in [0.3, 0.4) is 0 Å². The molecule has 1 unspecified atom stereocenters. The van der Waals surface area contributed by atoms with Gasteiger partial charge in [0.1, 0.15) is 5.82 Å². The van der Waals surface area contributed by atoms with Gasteiger partial charge in [0.15, 0.2) is 0 Å². The van der Waals surface area contributed by atoms with Crippen molar-refractivity contribution in [1.82, 2.24) is 5.32 Å². The number of rotatable bonds is 5. The number of benzene rings is 1. The molecule has 1 atom stereocenters. The molecule has 1 N–H and O–H groups in total. The normalized spacial score (nSPS) is 13.7. The largest absolute Gasteiger partial charge is 0.419 e. The van der Waals surface area contributed by atoms with Gasteiger partial charge in [0.05, 0.1) is 5.56 Å². The molecule has 18 heavy (non-hydrogen) atoms. The zero-order valence-electron chi connectivity index (χ0n) is 10.1. The Labute approximate surface area is 108 Å². The molecule has 1 nitrogen and oxygen atoms in total. The number of thioether (sulfide) groups is 1. The fourth-order valence-corrected chi connectivity index (χ4v) is 1.69. The van der Waals surface area contributed by atoms with Gasteiger partial charge in [0.25, 0.3) is 0 Å². The van der Waals surface area contributed by atoms with Crippen molar-refractivity contribution in [2.24, 2.45) is 0 Å². The standard InChI is InChI=1S/C12H15F4NS/c1-8(18-2)6-17-7-9-3-4-11(13)10(5-9)12(14,15)16/h3-5,8,17H,6-7H2,1-2H3. The molecule has 6 heteroatoms. The van der Waals surface area contributed by atoms with Crippen molar-refractivity contribution in [2.75, 3.05) is 12.8 Å². The van der Waals surface area contributed by atoms with E-state index in [-0.39, 0.29) is 0 Å². The van der Waals surface area contributed by atoms with Crippen LogP contribution in [0.15, 0.2) is 18.2 Å². The number of nitrogens with one attached hydrogen (secondary N) is 1. The van der Waals surface area contributed by atoms with Crippen molar-refractivity contribution in [3.63, 3.8) is 0 Å². The summed E-state index contributed by atoms with van der Waals surface area (Å²) >= 11 is 1.67. The van der Waals surface area contributed by atoms with Gasteiger partial charge in [0, 0.05) is 18.3 Å². The maximum absolute atomic E-state index is 13.0. The molecular weight excluding hydrogens is 266 g/mol. The predicted molar refractivity (Wildman–Crippen MR) is 66.1 cm³/mol. The topological polar surface area (TPSA) is 12.0 Å².